The average molecular weight is 503 g/mol. The molecule has 1 N–H and O–H groups in total. The van der Waals surface area contributed by atoms with Crippen LogP contribution in [-0.4, -0.2) is 19.9 Å². The number of anilines is 1. The number of hydrogen-bond acceptors (Lipinski definition) is 4. The monoisotopic (exact) mass is 502 g/mol. The highest BCUT2D eigenvalue weighted by Gasteiger charge is 2.37. The van der Waals surface area contributed by atoms with Gasteiger partial charge in [-0.1, -0.05) is 42.5 Å². The molecule has 0 saturated heterocycles. The van der Waals surface area contributed by atoms with Crippen LogP contribution in [0.3, 0.4) is 0 Å². The van der Waals surface area contributed by atoms with Crippen LogP contribution < -0.4 is 14.8 Å². The largest absolute Gasteiger partial charge is 0.492 e. The van der Waals surface area contributed by atoms with E-state index in [0.717, 1.165) is 22.1 Å². The van der Waals surface area contributed by atoms with Crippen molar-refractivity contribution in [3.63, 3.8) is 0 Å². The van der Waals surface area contributed by atoms with Crippen molar-refractivity contribution in [2.24, 2.45) is 10.9 Å². The third-order valence-corrected chi connectivity index (χ3v) is 7.01. The molecule has 3 atom stereocenters. The van der Waals surface area contributed by atoms with Crippen molar-refractivity contribution >= 4 is 33.5 Å². The lowest BCUT2D eigenvalue weighted by atomic mass is 9.77. The van der Waals surface area contributed by atoms with E-state index in [1.54, 1.807) is 7.11 Å². The molecule has 3 aromatic carbocycles. The lowest BCUT2D eigenvalue weighted by Gasteiger charge is -2.37. The van der Waals surface area contributed by atoms with Crippen LogP contribution in [0, 0.1) is 5.92 Å². The van der Waals surface area contributed by atoms with Gasteiger partial charge in [-0.05, 0) is 82.2 Å². The van der Waals surface area contributed by atoms with Crippen LogP contribution in [0.25, 0.3) is 0 Å². The molecule has 0 aromatic heterocycles. The molecular weight excluding hydrogens is 476 g/mol. The molecule has 1 aliphatic heterocycles. The lowest BCUT2D eigenvalue weighted by Crippen LogP contribution is -2.28. The predicted molar refractivity (Wildman–Crippen MR) is 138 cm³/mol. The summed E-state index contributed by atoms with van der Waals surface area (Å²) in [4.78, 5) is 4.69. The Morgan fingerprint density at radius 1 is 1.12 bits per heavy atom. The standard InChI is InChI=1S/C28H27BrN2O2/c1-3-33-26-16-18(15-24(29)28(26)32-2)17-30-20-13-11-19(12-14-20)27-23-9-6-8-21(23)22-7-4-5-10-25(22)31-27/h4-8,10-17,21,23,27,31H,3,9H2,1-2H3/t21-,23-,27+/m1/s1. The molecular formula is C28H27BrN2O2. The number of fused-ring (bicyclic) bond motifs is 3. The van der Waals surface area contributed by atoms with Crippen molar-refractivity contribution in [2.75, 3.05) is 19.0 Å². The lowest BCUT2D eigenvalue weighted by molar-refractivity contribution is 0.310. The van der Waals surface area contributed by atoms with E-state index in [9.17, 15) is 0 Å². The van der Waals surface area contributed by atoms with E-state index in [1.165, 1.54) is 16.8 Å². The first-order valence-electron chi connectivity index (χ1n) is 11.3. The third-order valence-electron chi connectivity index (χ3n) is 6.42. The molecule has 4 nitrogen and oxygen atoms in total. The number of aliphatic imine (C=N–C) groups is 1. The Kier molecular flexibility index (Phi) is 6.23. The number of methoxy groups -OCH3 is 1. The molecule has 2 aliphatic rings. The van der Waals surface area contributed by atoms with E-state index in [2.05, 4.69) is 86.9 Å². The predicted octanol–water partition coefficient (Wildman–Crippen LogP) is 7.43. The van der Waals surface area contributed by atoms with Crippen LogP contribution in [0.1, 0.15) is 42.0 Å². The molecule has 33 heavy (non-hydrogen) atoms. The zero-order valence-corrected chi connectivity index (χ0v) is 20.4. The quantitative estimate of drug-likeness (QED) is 0.281. The van der Waals surface area contributed by atoms with Gasteiger partial charge in [0.1, 0.15) is 0 Å². The van der Waals surface area contributed by atoms with E-state index < -0.39 is 0 Å². The minimum Gasteiger partial charge on any atom is -0.492 e. The maximum Gasteiger partial charge on any atom is 0.174 e. The second-order valence-electron chi connectivity index (χ2n) is 8.38. The van der Waals surface area contributed by atoms with Gasteiger partial charge in [-0.2, -0.15) is 0 Å². The Hall–Kier alpha value is -3.05. The number of nitrogens with one attached hydrogen (secondary N) is 1. The van der Waals surface area contributed by atoms with Crippen LogP contribution in [0.4, 0.5) is 11.4 Å². The second kappa shape index (κ2) is 9.44. The number of para-hydroxylation sites is 1. The fourth-order valence-electron chi connectivity index (χ4n) is 4.91. The number of allylic oxidation sites excluding steroid dienone is 2. The van der Waals surface area contributed by atoms with Gasteiger partial charge in [0, 0.05) is 17.8 Å². The molecule has 0 fully saturated rings. The normalized spacial score (nSPS) is 20.9. The number of ether oxygens (including phenoxy) is 2. The second-order valence-corrected chi connectivity index (χ2v) is 9.23. The average Bonchev–Trinajstić information content (AvgIpc) is 3.33. The number of nitrogens with zero attached hydrogens (tertiary/aromatic N) is 1. The van der Waals surface area contributed by atoms with Crippen molar-refractivity contribution in [1.82, 2.24) is 0 Å². The summed E-state index contributed by atoms with van der Waals surface area (Å²) in [5.74, 6) is 2.43. The Morgan fingerprint density at radius 3 is 2.73 bits per heavy atom. The fraction of sp³-hybridized carbons (Fsp3) is 0.250. The summed E-state index contributed by atoms with van der Waals surface area (Å²) in [5.41, 5.74) is 5.81. The minimum absolute atomic E-state index is 0.296. The van der Waals surface area contributed by atoms with Gasteiger partial charge >= 0.3 is 0 Å². The Balaban J connectivity index is 1.36. The molecule has 0 radical (unpaired) electrons. The summed E-state index contributed by atoms with van der Waals surface area (Å²) in [6.07, 6.45) is 7.66. The van der Waals surface area contributed by atoms with Crippen molar-refractivity contribution in [1.29, 1.82) is 0 Å². The van der Waals surface area contributed by atoms with Crippen LogP contribution in [-0.2, 0) is 0 Å². The molecule has 0 amide bonds. The molecule has 0 unspecified atom stereocenters. The molecule has 1 heterocycles. The fourth-order valence-corrected chi connectivity index (χ4v) is 5.54. The number of hydrogen-bond donors (Lipinski definition) is 1. The molecule has 5 heteroatoms. The number of benzene rings is 3. The molecule has 3 aromatic rings. The Labute approximate surface area is 203 Å². The zero-order chi connectivity index (χ0) is 22.8. The first-order chi connectivity index (χ1) is 16.2. The molecule has 0 bridgehead atoms. The molecule has 5 rings (SSSR count). The van der Waals surface area contributed by atoms with Gasteiger partial charge in [-0.3, -0.25) is 4.99 Å². The van der Waals surface area contributed by atoms with Crippen molar-refractivity contribution in [3.05, 3.63) is 94.0 Å². The summed E-state index contributed by atoms with van der Waals surface area (Å²) >= 11 is 3.56. The van der Waals surface area contributed by atoms with Crippen molar-refractivity contribution < 1.29 is 9.47 Å². The van der Waals surface area contributed by atoms with Gasteiger partial charge in [0.05, 0.1) is 29.9 Å². The molecule has 1 aliphatic carbocycles. The van der Waals surface area contributed by atoms with Crippen LogP contribution >= 0.6 is 15.9 Å². The summed E-state index contributed by atoms with van der Waals surface area (Å²) in [5, 5.41) is 3.79. The highest BCUT2D eigenvalue weighted by Crippen LogP contribution is 2.49. The van der Waals surface area contributed by atoms with Gasteiger partial charge in [0.15, 0.2) is 11.5 Å². The van der Waals surface area contributed by atoms with E-state index in [4.69, 9.17) is 9.47 Å². The van der Waals surface area contributed by atoms with E-state index >= 15 is 0 Å². The summed E-state index contributed by atoms with van der Waals surface area (Å²) in [6, 6.07) is 21.5. The van der Waals surface area contributed by atoms with Crippen molar-refractivity contribution in [3.8, 4) is 11.5 Å². The summed E-state index contributed by atoms with van der Waals surface area (Å²) in [7, 11) is 1.64. The SMILES string of the molecule is CCOc1cc(C=Nc2ccc([C@@H]3Nc4ccccc4[C@H]4C=CC[C@H]43)cc2)cc(Br)c1OC. The van der Waals surface area contributed by atoms with E-state index in [0.29, 0.717) is 36.0 Å². The topological polar surface area (TPSA) is 42.8 Å². The first-order valence-corrected chi connectivity index (χ1v) is 12.1. The van der Waals surface area contributed by atoms with Gasteiger partial charge in [0.25, 0.3) is 0 Å². The van der Waals surface area contributed by atoms with Crippen LogP contribution in [0.15, 0.2) is 82.3 Å². The summed E-state index contributed by atoms with van der Waals surface area (Å²) in [6.45, 7) is 2.53. The van der Waals surface area contributed by atoms with Crippen LogP contribution in [0.5, 0.6) is 11.5 Å². The van der Waals surface area contributed by atoms with Gasteiger partial charge < -0.3 is 14.8 Å². The van der Waals surface area contributed by atoms with E-state index in [-0.39, 0.29) is 0 Å². The minimum atomic E-state index is 0.296. The van der Waals surface area contributed by atoms with Gasteiger partial charge in [0.2, 0.25) is 0 Å². The zero-order valence-electron chi connectivity index (χ0n) is 18.8. The maximum absolute atomic E-state index is 5.71. The van der Waals surface area contributed by atoms with Gasteiger partial charge in [-0.25, -0.2) is 0 Å². The smallest absolute Gasteiger partial charge is 0.174 e. The maximum atomic E-state index is 5.71. The molecule has 0 spiro atoms. The van der Waals surface area contributed by atoms with Crippen molar-refractivity contribution in [2.45, 2.75) is 25.3 Å². The van der Waals surface area contributed by atoms with Crippen LogP contribution in [0.2, 0.25) is 0 Å². The Bertz CT molecular complexity index is 1200. The van der Waals surface area contributed by atoms with E-state index in [1.807, 2.05) is 25.3 Å². The first kappa shape index (κ1) is 21.8. The highest BCUT2D eigenvalue weighted by molar-refractivity contribution is 9.10. The van der Waals surface area contributed by atoms with Gasteiger partial charge in [-0.15, -0.1) is 0 Å². The molecule has 168 valence electrons. The molecule has 0 saturated carbocycles. The number of halogens is 1. The highest BCUT2D eigenvalue weighted by atomic mass is 79.9. The summed E-state index contributed by atoms with van der Waals surface area (Å²) < 4.78 is 12.0. The number of rotatable bonds is 6. The third kappa shape index (κ3) is 4.30. The Morgan fingerprint density at radius 2 is 1.94 bits per heavy atom.